The molecule has 0 heterocycles. The van der Waals surface area contributed by atoms with Gasteiger partial charge in [-0.1, -0.05) is 55.3 Å². The molecule has 2 N–H and O–H groups in total. The van der Waals surface area contributed by atoms with Crippen LogP contribution in [0.25, 0.3) is 10.8 Å². The van der Waals surface area contributed by atoms with Crippen LogP contribution in [-0.4, -0.2) is 24.8 Å². The van der Waals surface area contributed by atoms with Crippen LogP contribution in [0.4, 0.5) is 0 Å². The normalized spacial score (nSPS) is 26.8. The number of nitrogens with one attached hydrogen (secondary N) is 1. The Morgan fingerprint density at radius 3 is 2.70 bits per heavy atom. The molecule has 0 radical (unpaired) electrons. The Hall–Kier alpha value is -1.38. The lowest BCUT2D eigenvalue weighted by molar-refractivity contribution is 0.0425. The second kappa shape index (κ2) is 5.55. The van der Waals surface area contributed by atoms with Gasteiger partial charge in [-0.05, 0) is 36.2 Å². The maximum absolute atomic E-state index is 10.6. The molecular weight excluding hydrogens is 246 g/mol. The molecule has 0 unspecified atom stereocenters. The first-order chi connectivity index (χ1) is 9.76. The highest BCUT2D eigenvalue weighted by Crippen LogP contribution is 2.40. The average molecular weight is 269 g/mol. The smallest absolute Gasteiger partial charge is 0.0649 e. The molecule has 2 nitrogen and oxygen atoms in total. The SMILES string of the molecule is CNC[C@]1(c2ccc3ccccc3c2)CCCC[C@H]1O. The summed E-state index contributed by atoms with van der Waals surface area (Å²) < 4.78 is 0. The van der Waals surface area contributed by atoms with Crippen LogP contribution in [0.3, 0.4) is 0 Å². The summed E-state index contributed by atoms with van der Waals surface area (Å²) in [7, 11) is 1.98. The van der Waals surface area contributed by atoms with Crippen molar-refractivity contribution >= 4 is 10.8 Å². The summed E-state index contributed by atoms with van der Waals surface area (Å²) in [6.45, 7) is 0.840. The molecule has 1 aliphatic carbocycles. The Morgan fingerprint density at radius 1 is 1.15 bits per heavy atom. The largest absolute Gasteiger partial charge is 0.392 e. The predicted octanol–water partition coefficient (Wildman–Crippen LogP) is 3.23. The minimum absolute atomic E-state index is 0.128. The molecule has 0 saturated heterocycles. The van der Waals surface area contributed by atoms with E-state index in [1.807, 2.05) is 7.05 Å². The Morgan fingerprint density at radius 2 is 1.95 bits per heavy atom. The quantitative estimate of drug-likeness (QED) is 0.896. The average Bonchev–Trinajstić information content (AvgIpc) is 2.49. The molecule has 1 fully saturated rings. The van der Waals surface area contributed by atoms with Crippen LogP contribution in [0.5, 0.6) is 0 Å². The molecule has 1 saturated carbocycles. The van der Waals surface area contributed by atoms with Crippen LogP contribution >= 0.6 is 0 Å². The second-order valence-electron chi connectivity index (χ2n) is 6.01. The predicted molar refractivity (Wildman–Crippen MR) is 84.0 cm³/mol. The maximum atomic E-state index is 10.6. The van der Waals surface area contributed by atoms with E-state index in [4.69, 9.17) is 0 Å². The highest BCUT2D eigenvalue weighted by Gasteiger charge is 2.40. The fraction of sp³-hybridized carbons (Fsp3) is 0.444. The zero-order valence-electron chi connectivity index (χ0n) is 12.1. The fourth-order valence-electron chi connectivity index (χ4n) is 3.68. The number of fused-ring (bicyclic) bond motifs is 1. The molecule has 0 aliphatic heterocycles. The van der Waals surface area contributed by atoms with Gasteiger partial charge >= 0.3 is 0 Å². The Balaban J connectivity index is 2.08. The lowest BCUT2D eigenvalue weighted by Gasteiger charge is -2.42. The maximum Gasteiger partial charge on any atom is 0.0649 e. The van der Waals surface area contributed by atoms with E-state index in [-0.39, 0.29) is 11.5 Å². The van der Waals surface area contributed by atoms with Crippen LogP contribution in [0, 0.1) is 0 Å². The summed E-state index contributed by atoms with van der Waals surface area (Å²) >= 11 is 0. The van der Waals surface area contributed by atoms with E-state index < -0.39 is 0 Å². The minimum atomic E-state index is -0.245. The number of aliphatic hydroxyl groups is 1. The van der Waals surface area contributed by atoms with E-state index in [0.717, 1.165) is 25.8 Å². The van der Waals surface area contributed by atoms with Crippen molar-refractivity contribution in [1.29, 1.82) is 0 Å². The molecule has 20 heavy (non-hydrogen) atoms. The minimum Gasteiger partial charge on any atom is -0.392 e. The summed E-state index contributed by atoms with van der Waals surface area (Å²) in [6.07, 6.45) is 4.07. The molecule has 2 aromatic rings. The second-order valence-corrected chi connectivity index (χ2v) is 6.01. The highest BCUT2D eigenvalue weighted by atomic mass is 16.3. The standard InChI is InChI=1S/C18H23NO/c1-19-13-18(11-5-4-8-17(18)20)16-10-9-14-6-2-3-7-15(14)12-16/h2-3,6-7,9-10,12,17,19-20H,4-5,8,11,13H2,1H3/t17-,18+/m1/s1. The summed E-state index contributed by atoms with van der Waals surface area (Å²) in [5, 5.41) is 16.5. The van der Waals surface area contributed by atoms with Gasteiger partial charge in [-0.3, -0.25) is 0 Å². The lowest BCUT2D eigenvalue weighted by Crippen LogP contribution is -2.48. The van der Waals surface area contributed by atoms with Gasteiger partial charge in [-0.15, -0.1) is 0 Å². The van der Waals surface area contributed by atoms with Crippen molar-refractivity contribution in [3.05, 3.63) is 48.0 Å². The van der Waals surface area contributed by atoms with E-state index in [2.05, 4.69) is 47.8 Å². The molecule has 0 aromatic heterocycles. The van der Waals surface area contributed by atoms with Crippen LogP contribution in [0.15, 0.2) is 42.5 Å². The van der Waals surface area contributed by atoms with Crippen molar-refractivity contribution in [3.63, 3.8) is 0 Å². The Bertz CT molecular complexity index is 591. The van der Waals surface area contributed by atoms with Crippen molar-refractivity contribution in [2.24, 2.45) is 0 Å². The third-order valence-corrected chi connectivity index (χ3v) is 4.80. The van der Waals surface area contributed by atoms with E-state index >= 15 is 0 Å². The Labute approximate surface area is 120 Å². The van der Waals surface area contributed by atoms with Gasteiger partial charge in [-0.25, -0.2) is 0 Å². The molecule has 0 spiro atoms. The van der Waals surface area contributed by atoms with Gasteiger partial charge in [0.1, 0.15) is 0 Å². The molecule has 106 valence electrons. The van der Waals surface area contributed by atoms with Gasteiger partial charge in [0.25, 0.3) is 0 Å². The third kappa shape index (κ3) is 2.23. The number of rotatable bonds is 3. The van der Waals surface area contributed by atoms with Crippen molar-refractivity contribution in [1.82, 2.24) is 5.32 Å². The summed E-state index contributed by atoms with van der Waals surface area (Å²) in [6, 6.07) is 15.1. The number of benzene rings is 2. The third-order valence-electron chi connectivity index (χ3n) is 4.80. The molecule has 2 heteroatoms. The zero-order valence-corrected chi connectivity index (χ0v) is 12.1. The van der Waals surface area contributed by atoms with Crippen LogP contribution in [0.2, 0.25) is 0 Å². The van der Waals surface area contributed by atoms with Crippen molar-refractivity contribution in [2.75, 3.05) is 13.6 Å². The first kappa shape index (κ1) is 13.6. The number of aliphatic hydroxyl groups excluding tert-OH is 1. The zero-order chi connectivity index (χ0) is 14.0. The van der Waals surface area contributed by atoms with Crippen LogP contribution in [0.1, 0.15) is 31.2 Å². The molecule has 1 aliphatic rings. The summed E-state index contributed by atoms with van der Waals surface area (Å²) in [4.78, 5) is 0. The highest BCUT2D eigenvalue weighted by molar-refractivity contribution is 5.83. The molecule has 0 bridgehead atoms. The van der Waals surface area contributed by atoms with Crippen molar-refractivity contribution in [2.45, 2.75) is 37.2 Å². The van der Waals surface area contributed by atoms with E-state index in [9.17, 15) is 5.11 Å². The summed E-state index contributed by atoms with van der Waals surface area (Å²) in [5.74, 6) is 0. The lowest BCUT2D eigenvalue weighted by atomic mass is 9.67. The van der Waals surface area contributed by atoms with Gasteiger partial charge in [0.05, 0.1) is 6.10 Å². The molecule has 2 atom stereocenters. The number of likely N-dealkylation sites (N-methyl/N-ethyl adjacent to an activating group) is 1. The van der Waals surface area contributed by atoms with Crippen molar-refractivity contribution < 1.29 is 5.11 Å². The van der Waals surface area contributed by atoms with E-state index in [1.165, 1.54) is 22.8 Å². The molecule has 2 aromatic carbocycles. The number of hydrogen-bond acceptors (Lipinski definition) is 2. The topological polar surface area (TPSA) is 32.3 Å². The van der Waals surface area contributed by atoms with Gasteiger partial charge in [0, 0.05) is 12.0 Å². The molecule has 0 amide bonds. The Kier molecular flexibility index (Phi) is 3.77. The number of hydrogen-bond donors (Lipinski definition) is 2. The van der Waals surface area contributed by atoms with Gasteiger partial charge in [-0.2, -0.15) is 0 Å². The van der Waals surface area contributed by atoms with Crippen LogP contribution in [-0.2, 0) is 5.41 Å². The van der Waals surface area contributed by atoms with Crippen LogP contribution < -0.4 is 5.32 Å². The first-order valence-electron chi connectivity index (χ1n) is 7.58. The fourth-order valence-corrected chi connectivity index (χ4v) is 3.68. The molecular formula is C18H23NO. The first-order valence-corrected chi connectivity index (χ1v) is 7.58. The van der Waals surface area contributed by atoms with Gasteiger partial charge in [0.15, 0.2) is 0 Å². The van der Waals surface area contributed by atoms with E-state index in [1.54, 1.807) is 0 Å². The summed E-state index contributed by atoms with van der Waals surface area (Å²) in [5.41, 5.74) is 1.15. The van der Waals surface area contributed by atoms with Gasteiger partial charge in [0.2, 0.25) is 0 Å². The van der Waals surface area contributed by atoms with E-state index in [0.29, 0.717) is 0 Å². The molecule has 3 rings (SSSR count). The van der Waals surface area contributed by atoms with Crippen molar-refractivity contribution in [3.8, 4) is 0 Å². The monoisotopic (exact) mass is 269 g/mol. The van der Waals surface area contributed by atoms with Gasteiger partial charge < -0.3 is 10.4 Å².